The van der Waals surface area contributed by atoms with Crippen molar-refractivity contribution in [3.05, 3.63) is 23.9 Å². The molecule has 3 N–H and O–H groups in total. The van der Waals surface area contributed by atoms with Crippen LogP contribution < -0.4 is 10.6 Å². The predicted octanol–water partition coefficient (Wildman–Crippen LogP) is 1.43. The van der Waals surface area contributed by atoms with Crippen molar-refractivity contribution in [2.24, 2.45) is 5.73 Å². The van der Waals surface area contributed by atoms with Gasteiger partial charge in [-0.2, -0.15) is 0 Å². The van der Waals surface area contributed by atoms with Gasteiger partial charge in [0.05, 0.1) is 0 Å². The molecule has 0 spiro atoms. The van der Waals surface area contributed by atoms with Crippen LogP contribution in [0.3, 0.4) is 0 Å². The number of hydrogen-bond acceptors (Lipinski definition) is 4. The molecule has 1 saturated carbocycles. The highest BCUT2D eigenvalue weighted by Crippen LogP contribution is 2.25. The highest BCUT2D eigenvalue weighted by atomic mass is 15.3. The number of aromatic nitrogens is 1. The van der Waals surface area contributed by atoms with Gasteiger partial charge in [-0.3, -0.25) is 10.3 Å². The average Bonchev–Trinajstić information content (AvgIpc) is 3.02. The summed E-state index contributed by atoms with van der Waals surface area (Å²) in [6, 6.07) is 4.68. The second kappa shape index (κ2) is 5.79. The highest BCUT2D eigenvalue weighted by molar-refractivity contribution is 5.94. The third kappa shape index (κ3) is 2.77. The highest BCUT2D eigenvalue weighted by Gasteiger charge is 2.26. The molecule has 0 atom stereocenters. The van der Waals surface area contributed by atoms with Crippen molar-refractivity contribution < 1.29 is 0 Å². The molecule has 0 radical (unpaired) electrons. The van der Waals surface area contributed by atoms with E-state index in [0.717, 1.165) is 38.0 Å². The fraction of sp³-hybridized carbons (Fsp3) is 0.600. The van der Waals surface area contributed by atoms with Crippen molar-refractivity contribution in [3.63, 3.8) is 0 Å². The Kier molecular flexibility index (Phi) is 3.87. The molecule has 0 unspecified atom stereocenters. The fourth-order valence-corrected chi connectivity index (χ4v) is 3.32. The molecule has 2 aliphatic rings. The molecule has 5 nitrogen and oxygen atoms in total. The summed E-state index contributed by atoms with van der Waals surface area (Å²) in [5.41, 5.74) is 6.15. The SMILES string of the molecule is N=C(N)c1ccc(N2CCN(C3CCCC3)CC2)nc1. The van der Waals surface area contributed by atoms with Crippen molar-refractivity contribution >= 4 is 11.7 Å². The molecular weight excluding hydrogens is 250 g/mol. The molecule has 5 heteroatoms. The number of nitrogen functional groups attached to an aromatic ring is 1. The zero-order valence-electron chi connectivity index (χ0n) is 11.9. The first kappa shape index (κ1) is 13.4. The minimum absolute atomic E-state index is 0.0788. The molecule has 1 aromatic rings. The van der Waals surface area contributed by atoms with Crippen LogP contribution in [0.1, 0.15) is 31.2 Å². The summed E-state index contributed by atoms with van der Waals surface area (Å²) >= 11 is 0. The predicted molar refractivity (Wildman–Crippen MR) is 81.3 cm³/mol. The third-order valence-corrected chi connectivity index (χ3v) is 4.54. The lowest BCUT2D eigenvalue weighted by Crippen LogP contribution is -2.50. The van der Waals surface area contributed by atoms with Crippen molar-refractivity contribution in [2.75, 3.05) is 31.1 Å². The normalized spacial score (nSPS) is 21.3. The Morgan fingerprint density at radius 3 is 2.40 bits per heavy atom. The van der Waals surface area contributed by atoms with Crippen LogP contribution in [0.4, 0.5) is 5.82 Å². The van der Waals surface area contributed by atoms with E-state index in [0.29, 0.717) is 5.56 Å². The lowest BCUT2D eigenvalue weighted by atomic mass is 10.2. The van der Waals surface area contributed by atoms with E-state index in [1.807, 2.05) is 12.1 Å². The largest absolute Gasteiger partial charge is 0.384 e. The number of rotatable bonds is 3. The van der Waals surface area contributed by atoms with Crippen molar-refractivity contribution in [3.8, 4) is 0 Å². The summed E-state index contributed by atoms with van der Waals surface area (Å²) in [5, 5.41) is 7.39. The number of hydrogen-bond donors (Lipinski definition) is 2. The van der Waals surface area contributed by atoms with Gasteiger partial charge in [-0.15, -0.1) is 0 Å². The minimum Gasteiger partial charge on any atom is -0.384 e. The second-order valence-corrected chi connectivity index (χ2v) is 5.78. The number of amidine groups is 1. The Labute approximate surface area is 120 Å². The summed E-state index contributed by atoms with van der Waals surface area (Å²) in [4.78, 5) is 9.41. The van der Waals surface area contributed by atoms with E-state index >= 15 is 0 Å². The van der Waals surface area contributed by atoms with Crippen molar-refractivity contribution in [2.45, 2.75) is 31.7 Å². The van der Waals surface area contributed by atoms with E-state index in [9.17, 15) is 0 Å². The molecule has 108 valence electrons. The summed E-state index contributed by atoms with van der Waals surface area (Å²) in [6.07, 6.45) is 7.26. The van der Waals surface area contributed by atoms with Gasteiger partial charge in [0.1, 0.15) is 11.7 Å². The number of nitrogens with zero attached hydrogens (tertiary/aromatic N) is 3. The molecule has 20 heavy (non-hydrogen) atoms. The Morgan fingerprint density at radius 2 is 1.85 bits per heavy atom. The van der Waals surface area contributed by atoms with Crippen molar-refractivity contribution in [1.82, 2.24) is 9.88 Å². The van der Waals surface area contributed by atoms with Crippen LogP contribution >= 0.6 is 0 Å². The molecule has 1 aromatic heterocycles. The van der Waals surface area contributed by atoms with Crippen LogP contribution in [-0.4, -0.2) is 47.9 Å². The van der Waals surface area contributed by atoms with Gasteiger partial charge in [0.15, 0.2) is 0 Å². The maximum absolute atomic E-state index is 7.39. The second-order valence-electron chi connectivity index (χ2n) is 5.78. The van der Waals surface area contributed by atoms with Gasteiger partial charge in [0, 0.05) is 44.0 Å². The molecule has 2 fully saturated rings. The quantitative estimate of drug-likeness (QED) is 0.646. The zero-order valence-corrected chi connectivity index (χ0v) is 11.9. The number of anilines is 1. The van der Waals surface area contributed by atoms with Gasteiger partial charge >= 0.3 is 0 Å². The Morgan fingerprint density at radius 1 is 1.15 bits per heavy atom. The van der Waals surface area contributed by atoms with Crippen LogP contribution in [0.25, 0.3) is 0 Å². The van der Waals surface area contributed by atoms with E-state index < -0.39 is 0 Å². The maximum atomic E-state index is 7.39. The lowest BCUT2D eigenvalue weighted by Gasteiger charge is -2.38. The molecule has 1 aliphatic carbocycles. The Bertz CT molecular complexity index is 456. The van der Waals surface area contributed by atoms with Gasteiger partial charge in [-0.05, 0) is 25.0 Å². The van der Waals surface area contributed by atoms with E-state index in [-0.39, 0.29) is 5.84 Å². The van der Waals surface area contributed by atoms with E-state index in [4.69, 9.17) is 11.1 Å². The molecule has 0 aromatic carbocycles. The minimum atomic E-state index is 0.0788. The summed E-state index contributed by atoms with van der Waals surface area (Å²) < 4.78 is 0. The number of nitrogens with one attached hydrogen (secondary N) is 1. The molecule has 1 aliphatic heterocycles. The first-order valence-electron chi connectivity index (χ1n) is 7.53. The molecule has 2 heterocycles. The fourth-order valence-electron chi connectivity index (χ4n) is 3.32. The van der Waals surface area contributed by atoms with Crippen molar-refractivity contribution in [1.29, 1.82) is 5.41 Å². The zero-order chi connectivity index (χ0) is 13.9. The third-order valence-electron chi connectivity index (χ3n) is 4.54. The van der Waals surface area contributed by atoms with Crippen LogP contribution in [0.5, 0.6) is 0 Å². The Hall–Kier alpha value is -1.62. The summed E-state index contributed by atoms with van der Waals surface area (Å²) in [6.45, 7) is 4.37. The number of piperazine rings is 1. The van der Waals surface area contributed by atoms with Gasteiger partial charge in [-0.1, -0.05) is 12.8 Å². The molecule has 0 bridgehead atoms. The van der Waals surface area contributed by atoms with Gasteiger partial charge in [-0.25, -0.2) is 4.98 Å². The van der Waals surface area contributed by atoms with Crippen LogP contribution in [0.15, 0.2) is 18.3 Å². The van der Waals surface area contributed by atoms with Gasteiger partial charge in [0.2, 0.25) is 0 Å². The van der Waals surface area contributed by atoms with Crippen LogP contribution in [-0.2, 0) is 0 Å². The molecule has 1 saturated heterocycles. The topological polar surface area (TPSA) is 69.2 Å². The van der Waals surface area contributed by atoms with E-state index in [2.05, 4.69) is 14.8 Å². The molecule has 3 rings (SSSR count). The average molecular weight is 273 g/mol. The Balaban J connectivity index is 1.58. The van der Waals surface area contributed by atoms with E-state index in [1.54, 1.807) is 6.20 Å². The number of nitrogens with two attached hydrogens (primary N) is 1. The maximum Gasteiger partial charge on any atom is 0.128 e. The summed E-state index contributed by atoms with van der Waals surface area (Å²) in [5.74, 6) is 1.08. The van der Waals surface area contributed by atoms with Gasteiger partial charge < -0.3 is 10.6 Å². The monoisotopic (exact) mass is 273 g/mol. The van der Waals surface area contributed by atoms with Crippen LogP contribution in [0, 0.1) is 5.41 Å². The van der Waals surface area contributed by atoms with Gasteiger partial charge in [0.25, 0.3) is 0 Å². The molecule has 0 amide bonds. The first-order chi connectivity index (χ1) is 9.74. The molecular formula is C15H23N5. The van der Waals surface area contributed by atoms with E-state index in [1.165, 1.54) is 25.7 Å². The van der Waals surface area contributed by atoms with Crippen LogP contribution in [0.2, 0.25) is 0 Å². The lowest BCUT2D eigenvalue weighted by molar-refractivity contribution is 0.187. The standard InChI is InChI=1S/C15H23N5/c16-15(17)12-5-6-14(18-11-12)20-9-7-19(8-10-20)13-3-1-2-4-13/h5-6,11,13H,1-4,7-10H2,(H3,16,17). The first-order valence-corrected chi connectivity index (χ1v) is 7.53. The number of pyridine rings is 1. The smallest absolute Gasteiger partial charge is 0.128 e. The summed E-state index contributed by atoms with van der Waals surface area (Å²) in [7, 11) is 0.